The summed E-state index contributed by atoms with van der Waals surface area (Å²) in [7, 11) is 0. The Morgan fingerprint density at radius 3 is 2.33 bits per heavy atom. The molecule has 2 amide bonds. The first-order chi connectivity index (χ1) is 14.2. The molecule has 0 radical (unpaired) electrons. The molecule has 2 aromatic carbocycles. The number of aliphatic hydroxyl groups excluding tert-OH is 1. The number of nitrogens with one attached hydrogen (secondary N) is 2. The maximum absolute atomic E-state index is 12.2. The predicted octanol–water partition coefficient (Wildman–Crippen LogP) is -0.633. The summed E-state index contributed by atoms with van der Waals surface area (Å²) in [5.74, 6) is -3.49. The number of carboxylic acid groups (broad SMARTS) is 1. The lowest BCUT2D eigenvalue weighted by atomic mass is 9.94. The zero-order valence-corrected chi connectivity index (χ0v) is 15.7. The fraction of sp³-hybridized carbons (Fsp3) is 0.250. The monoisotopic (exact) mass is 415 g/mol. The second kappa shape index (κ2) is 8.39. The maximum Gasteiger partial charge on any atom is 0.329 e. The smallest absolute Gasteiger partial charge is 0.329 e. The van der Waals surface area contributed by atoms with Crippen LogP contribution in [0.25, 0.3) is 11.1 Å². The minimum absolute atomic E-state index is 0.0154. The van der Waals surface area contributed by atoms with Gasteiger partial charge in [0.1, 0.15) is 17.6 Å². The van der Waals surface area contributed by atoms with E-state index in [0.29, 0.717) is 16.7 Å². The molecule has 8 N–H and O–H groups in total. The van der Waals surface area contributed by atoms with E-state index in [4.69, 9.17) is 5.73 Å². The van der Waals surface area contributed by atoms with Crippen LogP contribution < -0.4 is 16.4 Å². The minimum atomic E-state index is -1.77. The molecule has 2 aromatic rings. The fourth-order valence-electron chi connectivity index (χ4n) is 3.21. The first kappa shape index (κ1) is 21.1. The van der Waals surface area contributed by atoms with Crippen molar-refractivity contribution in [3.05, 3.63) is 47.5 Å². The van der Waals surface area contributed by atoms with Crippen LogP contribution in [0.2, 0.25) is 0 Å². The number of carboxylic acids is 1. The van der Waals surface area contributed by atoms with Gasteiger partial charge < -0.3 is 36.8 Å². The molecule has 0 fully saturated rings. The van der Waals surface area contributed by atoms with Gasteiger partial charge in [0.2, 0.25) is 11.8 Å². The number of hydrogen-bond acceptors (Lipinski definition) is 7. The topological polar surface area (TPSA) is 182 Å². The number of benzene rings is 2. The molecule has 3 atom stereocenters. The van der Waals surface area contributed by atoms with E-state index in [-0.39, 0.29) is 23.5 Å². The number of nitrogens with two attached hydrogens (primary N) is 1. The van der Waals surface area contributed by atoms with Gasteiger partial charge in [0, 0.05) is 12.0 Å². The van der Waals surface area contributed by atoms with Crippen LogP contribution >= 0.6 is 0 Å². The van der Waals surface area contributed by atoms with Crippen LogP contribution in [0.1, 0.15) is 17.2 Å². The third kappa shape index (κ3) is 4.34. The van der Waals surface area contributed by atoms with Crippen LogP contribution in [0, 0.1) is 0 Å². The molecule has 0 saturated heterocycles. The average molecular weight is 415 g/mol. The zero-order valence-electron chi connectivity index (χ0n) is 15.7. The molecule has 3 rings (SSSR count). The van der Waals surface area contributed by atoms with Gasteiger partial charge in [0.05, 0.1) is 12.6 Å². The summed E-state index contributed by atoms with van der Waals surface area (Å²) in [5, 5.41) is 44.7. The largest absolute Gasteiger partial charge is 0.508 e. The van der Waals surface area contributed by atoms with E-state index in [1.807, 2.05) is 0 Å². The standard InChI is InChI=1S/C20H21N3O7/c21-13-7-11-5-9(1-3-14(11)24)10-2-4-15(25)12(6-10)18(27)17(20(29)30)23-16(26)8-22-19(13)28/h1-6,13,17-18,24-25,27H,7-8,21H2,(H,22,28)(H,23,26)(H,29,30). The Morgan fingerprint density at radius 2 is 1.67 bits per heavy atom. The number of aromatic hydroxyl groups is 2. The number of amides is 2. The fourth-order valence-corrected chi connectivity index (χ4v) is 3.21. The van der Waals surface area contributed by atoms with Crippen molar-refractivity contribution in [3.63, 3.8) is 0 Å². The van der Waals surface area contributed by atoms with Gasteiger partial charge in [-0.3, -0.25) is 9.59 Å². The Kier molecular flexibility index (Phi) is 5.90. The van der Waals surface area contributed by atoms with E-state index < -0.39 is 42.5 Å². The lowest BCUT2D eigenvalue weighted by Gasteiger charge is -2.22. The van der Waals surface area contributed by atoms with Crippen molar-refractivity contribution >= 4 is 17.8 Å². The highest BCUT2D eigenvalue weighted by Gasteiger charge is 2.32. The van der Waals surface area contributed by atoms with Crippen LogP contribution in [-0.2, 0) is 20.8 Å². The first-order valence-corrected chi connectivity index (χ1v) is 9.06. The van der Waals surface area contributed by atoms with Crippen molar-refractivity contribution in [2.45, 2.75) is 24.6 Å². The highest BCUT2D eigenvalue weighted by molar-refractivity contribution is 5.90. The molecule has 10 nitrogen and oxygen atoms in total. The molecule has 0 aliphatic carbocycles. The number of phenolic OH excluding ortho intramolecular Hbond substituents is 2. The van der Waals surface area contributed by atoms with Gasteiger partial charge in [0.25, 0.3) is 0 Å². The normalized spacial score (nSPS) is 22.3. The third-order valence-corrected chi connectivity index (χ3v) is 4.86. The molecule has 0 aromatic heterocycles. The number of rotatable bonds is 1. The Morgan fingerprint density at radius 1 is 1.03 bits per heavy atom. The molecule has 158 valence electrons. The van der Waals surface area contributed by atoms with Gasteiger partial charge in [0.15, 0.2) is 6.04 Å². The van der Waals surface area contributed by atoms with E-state index in [0.717, 1.165) is 0 Å². The zero-order chi connectivity index (χ0) is 22.0. The number of carbonyl (C=O) groups excluding carboxylic acids is 2. The van der Waals surface area contributed by atoms with Gasteiger partial charge in [-0.1, -0.05) is 12.1 Å². The van der Waals surface area contributed by atoms with Crippen molar-refractivity contribution in [2.75, 3.05) is 6.54 Å². The van der Waals surface area contributed by atoms with Gasteiger partial charge in [-0.15, -0.1) is 0 Å². The second-order valence-corrected chi connectivity index (χ2v) is 6.97. The van der Waals surface area contributed by atoms with Crippen LogP contribution in [0.3, 0.4) is 0 Å². The van der Waals surface area contributed by atoms with Crippen molar-refractivity contribution in [1.29, 1.82) is 0 Å². The van der Waals surface area contributed by atoms with Crippen LogP contribution in [0.4, 0.5) is 0 Å². The number of aliphatic hydroxyl groups is 1. The van der Waals surface area contributed by atoms with Crippen LogP contribution in [-0.4, -0.2) is 56.8 Å². The number of hydrogen-bond donors (Lipinski definition) is 7. The number of fused-ring (bicyclic) bond motifs is 5. The van der Waals surface area contributed by atoms with Crippen molar-refractivity contribution in [2.24, 2.45) is 5.73 Å². The summed E-state index contributed by atoms with van der Waals surface area (Å²) < 4.78 is 0. The first-order valence-electron chi connectivity index (χ1n) is 9.06. The van der Waals surface area contributed by atoms with Crippen molar-refractivity contribution < 1.29 is 34.8 Å². The molecular weight excluding hydrogens is 394 g/mol. The van der Waals surface area contributed by atoms with Gasteiger partial charge in [-0.05, 0) is 41.0 Å². The Balaban J connectivity index is 2.14. The average Bonchev–Trinajstić information content (AvgIpc) is 2.71. The van der Waals surface area contributed by atoms with Crippen LogP contribution in [0.15, 0.2) is 36.4 Å². The summed E-state index contributed by atoms with van der Waals surface area (Å²) >= 11 is 0. The number of carbonyl (C=O) groups is 3. The van der Waals surface area contributed by atoms with Gasteiger partial charge >= 0.3 is 5.97 Å². The molecule has 30 heavy (non-hydrogen) atoms. The molecule has 1 heterocycles. The van der Waals surface area contributed by atoms with Crippen molar-refractivity contribution in [1.82, 2.24) is 10.6 Å². The van der Waals surface area contributed by atoms with E-state index in [2.05, 4.69) is 10.6 Å². The van der Waals surface area contributed by atoms with E-state index in [1.165, 1.54) is 18.2 Å². The van der Waals surface area contributed by atoms with E-state index in [1.54, 1.807) is 18.2 Å². The predicted molar refractivity (Wildman–Crippen MR) is 104 cm³/mol. The minimum Gasteiger partial charge on any atom is -0.508 e. The molecule has 3 unspecified atom stereocenters. The lowest BCUT2D eigenvalue weighted by molar-refractivity contribution is -0.145. The molecule has 0 saturated carbocycles. The van der Waals surface area contributed by atoms with Crippen molar-refractivity contribution in [3.8, 4) is 22.6 Å². The van der Waals surface area contributed by atoms with E-state index in [9.17, 15) is 34.8 Å². The Hall–Kier alpha value is -3.63. The highest BCUT2D eigenvalue weighted by Crippen LogP contribution is 2.33. The quantitative estimate of drug-likeness (QED) is 0.321. The number of phenols is 2. The van der Waals surface area contributed by atoms with E-state index >= 15 is 0 Å². The SMILES string of the molecule is NC1Cc2cc(ccc2O)-c2ccc(O)c(c2)C(O)C(C(=O)O)NC(=O)CNC1=O. The number of aliphatic carboxylic acids is 1. The molecule has 0 spiro atoms. The third-order valence-electron chi connectivity index (χ3n) is 4.86. The summed E-state index contributed by atoms with van der Waals surface area (Å²) in [6.45, 7) is -0.568. The summed E-state index contributed by atoms with van der Waals surface area (Å²) in [6.07, 6.45) is -1.79. The maximum atomic E-state index is 12.2. The lowest BCUT2D eigenvalue weighted by Crippen LogP contribution is -2.50. The Bertz CT molecular complexity index is 1010. The summed E-state index contributed by atoms with van der Waals surface area (Å²) in [4.78, 5) is 35.9. The molecule has 1 aliphatic rings. The second-order valence-electron chi connectivity index (χ2n) is 6.97. The molecule has 1 aliphatic heterocycles. The van der Waals surface area contributed by atoms with Gasteiger partial charge in [-0.2, -0.15) is 0 Å². The Labute approximate surface area is 171 Å². The molecular formula is C20H21N3O7. The molecule has 4 bridgehead atoms. The summed E-state index contributed by atoms with van der Waals surface area (Å²) in [5.41, 5.74) is 7.23. The highest BCUT2D eigenvalue weighted by atomic mass is 16.4. The van der Waals surface area contributed by atoms with Gasteiger partial charge in [-0.25, -0.2) is 4.79 Å². The summed E-state index contributed by atoms with van der Waals surface area (Å²) in [6, 6.07) is 5.98. The van der Waals surface area contributed by atoms with Crippen LogP contribution in [0.5, 0.6) is 11.5 Å². The molecule has 10 heteroatoms.